The fourth-order valence-corrected chi connectivity index (χ4v) is 2.19. The van der Waals surface area contributed by atoms with E-state index in [1.807, 2.05) is 0 Å². The summed E-state index contributed by atoms with van der Waals surface area (Å²) in [5, 5.41) is 9.14. The van der Waals surface area contributed by atoms with Crippen molar-refractivity contribution in [2.45, 2.75) is 12.3 Å². The monoisotopic (exact) mass is 234 g/mol. The summed E-state index contributed by atoms with van der Waals surface area (Å²) in [4.78, 5) is 24.4. The Balaban J connectivity index is 2.43. The highest BCUT2D eigenvalue weighted by molar-refractivity contribution is 5.97. The first-order valence-corrected chi connectivity index (χ1v) is 5.47. The van der Waals surface area contributed by atoms with Crippen molar-refractivity contribution in [3.63, 3.8) is 0 Å². The summed E-state index contributed by atoms with van der Waals surface area (Å²) in [5.41, 5.74) is 6.70. The van der Waals surface area contributed by atoms with Gasteiger partial charge >= 0.3 is 5.97 Å². The maximum atomic E-state index is 11.7. The molecule has 2 rings (SSSR count). The van der Waals surface area contributed by atoms with Crippen molar-refractivity contribution in [1.29, 1.82) is 0 Å². The fraction of sp³-hybridized carbons (Fsp3) is 0.333. The van der Waals surface area contributed by atoms with Crippen LogP contribution < -0.4 is 10.6 Å². The van der Waals surface area contributed by atoms with Gasteiger partial charge in [0, 0.05) is 12.2 Å². The smallest absolute Gasteiger partial charge is 0.311 e. The van der Waals surface area contributed by atoms with Crippen LogP contribution in [-0.4, -0.2) is 30.1 Å². The second-order valence-corrected chi connectivity index (χ2v) is 3.99. The second kappa shape index (κ2) is 4.55. The number of carboxylic acids is 1. The molecule has 1 atom stereocenters. The molecule has 17 heavy (non-hydrogen) atoms. The molecule has 0 saturated carbocycles. The van der Waals surface area contributed by atoms with E-state index in [-0.39, 0.29) is 12.5 Å². The number of amides is 1. The molecule has 1 aromatic rings. The van der Waals surface area contributed by atoms with E-state index in [1.165, 1.54) is 0 Å². The zero-order chi connectivity index (χ0) is 12.4. The van der Waals surface area contributed by atoms with Crippen LogP contribution in [0.15, 0.2) is 24.3 Å². The van der Waals surface area contributed by atoms with Gasteiger partial charge in [-0.15, -0.1) is 0 Å². The van der Waals surface area contributed by atoms with Gasteiger partial charge in [-0.3, -0.25) is 9.59 Å². The number of benzene rings is 1. The summed E-state index contributed by atoms with van der Waals surface area (Å²) < 4.78 is 0. The van der Waals surface area contributed by atoms with Gasteiger partial charge in [-0.25, -0.2) is 0 Å². The predicted molar refractivity (Wildman–Crippen MR) is 62.8 cm³/mol. The topological polar surface area (TPSA) is 83.6 Å². The highest BCUT2D eigenvalue weighted by atomic mass is 16.4. The number of hydrogen-bond donors (Lipinski definition) is 2. The van der Waals surface area contributed by atoms with E-state index in [4.69, 9.17) is 10.8 Å². The number of hydrogen-bond acceptors (Lipinski definition) is 3. The lowest BCUT2D eigenvalue weighted by Crippen LogP contribution is -2.41. The number of carboxylic acid groups (broad SMARTS) is 1. The molecule has 0 saturated heterocycles. The van der Waals surface area contributed by atoms with E-state index < -0.39 is 11.9 Å². The molecule has 1 amide bonds. The van der Waals surface area contributed by atoms with Crippen molar-refractivity contribution in [1.82, 2.24) is 0 Å². The summed E-state index contributed by atoms with van der Waals surface area (Å²) in [6.45, 7) is 0.343. The summed E-state index contributed by atoms with van der Waals surface area (Å²) in [6, 6.07) is 7.09. The fourth-order valence-electron chi connectivity index (χ4n) is 2.19. The lowest BCUT2D eigenvalue weighted by molar-refractivity contribution is -0.139. The molecule has 1 aromatic carbocycles. The maximum absolute atomic E-state index is 11.7. The Hall–Kier alpha value is -1.88. The molecular weight excluding hydrogens is 220 g/mol. The first kappa shape index (κ1) is 11.6. The van der Waals surface area contributed by atoms with Crippen LogP contribution in [0.3, 0.4) is 0 Å². The Labute approximate surface area is 98.8 Å². The van der Waals surface area contributed by atoms with Gasteiger partial charge in [0.05, 0.1) is 12.5 Å². The summed E-state index contributed by atoms with van der Waals surface area (Å²) in [5.74, 6) is -1.56. The molecule has 1 aliphatic heterocycles. The van der Waals surface area contributed by atoms with Gasteiger partial charge in [0.1, 0.15) is 0 Å². The van der Waals surface area contributed by atoms with Gasteiger partial charge in [-0.1, -0.05) is 18.2 Å². The molecule has 0 aromatic heterocycles. The molecule has 0 radical (unpaired) electrons. The largest absolute Gasteiger partial charge is 0.481 e. The third kappa shape index (κ3) is 2.01. The third-order valence-electron chi connectivity index (χ3n) is 3.02. The van der Waals surface area contributed by atoms with Crippen molar-refractivity contribution in [3.05, 3.63) is 29.8 Å². The Bertz CT molecular complexity index is 459. The van der Waals surface area contributed by atoms with Crippen LogP contribution in [0, 0.1) is 0 Å². The molecule has 1 heterocycles. The first-order valence-electron chi connectivity index (χ1n) is 5.47. The van der Waals surface area contributed by atoms with Gasteiger partial charge in [-0.2, -0.15) is 0 Å². The van der Waals surface area contributed by atoms with Crippen LogP contribution in [0.4, 0.5) is 5.69 Å². The normalized spacial score (nSPS) is 18.6. The zero-order valence-electron chi connectivity index (χ0n) is 9.30. The quantitative estimate of drug-likeness (QED) is 0.782. The Morgan fingerprint density at radius 3 is 2.76 bits per heavy atom. The van der Waals surface area contributed by atoms with Gasteiger partial charge in [0.25, 0.3) is 0 Å². The minimum absolute atomic E-state index is 0.0634. The minimum atomic E-state index is -0.850. The molecule has 0 fully saturated rings. The van der Waals surface area contributed by atoms with Crippen LogP contribution in [0.1, 0.15) is 17.9 Å². The number of nitrogens with two attached hydrogens (primary N) is 1. The summed E-state index contributed by atoms with van der Waals surface area (Å²) >= 11 is 0. The number of carbonyl (C=O) groups is 2. The number of anilines is 1. The third-order valence-corrected chi connectivity index (χ3v) is 3.02. The van der Waals surface area contributed by atoms with Gasteiger partial charge < -0.3 is 15.7 Å². The Kier molecular flexibility index (Phi) is 3.10. The summed E-state index contributed by atoms with van der Waals surface area (Å²) in [7, 11) is 0. The van der Waals surface area contributed by atoms with E-state index in [1.54, 1.807) is 29.2 Å². The molecule has 0 bridgehead atoms. The van der Waals surface area contributed by atoms with E-state index in [2.05, 4.69) is 0 Å². The van der Waals surface area contributed by atoms with E-state index >= 15 is 0 Å². The number of rotatable bonds is 2. The average molecular weight is 234 g/mol. The van der Waals surface area contributed by atoms with Gasteiger partial charge in [0.2, 0.25) is 5.91 Å². The van der Waals surface area contributed by atoms with Crippen LogP contribution in [0.5, 0.6) is 0 Å². The van der Waals surface area contributed by atoms with Crippen molar-refractivity contribution in [2.24, 2.45) is 5.73 Å². The predicted octanol–water partition coefficient (Wildman–Crippen LogP) is 0.550. The lowest BCUT2D eigenvalue weighted by Gasteiger charge is -2.32. The van der Waals surface area contributed by atoms with Gasteiger partial charge in [-0.05, 0) is 18.1 Å². The number of fused-ring (bicyclic) bond motifs is 1. The van der Waals surface area contributed by atoms with Gasteiger partial charge in [0.15, 0.2) is 0 Å². The Morgan fingerprint density at radius 2 is 2.12 bits per heavy atom. The van der Waals surface area contributed by atoms with Crippen molar-refractivity contribution in [3.8, 4) is 0 Å². The molecule has 5 nitrogen and oxygen atoms in total. The molecule has 1 unspecified atom stereocenters. The molecule has 1 aliphatic rings. The standard InChI is InChI=1S/C12H14N2O3/c13-7-11(15)14-6-5-9(12(16)17)8-3-1-2-4-10(8)14/h1-4,9H,5-7,13H2,(H,16,17). The molecule has 3 N–H and O–H groups in total. The van der Waals surface area contributed by atoms with Crippen LogP contribution in [0.25, 0.3) is 0 Å². The minimum Gasteiger partial charge on any atom is -0.481 e. The van der Waals surface area contributed by atoms with E-state index in [9.17, 15) is 9.59 Å². The number of nitrogens with zero attached hydrogens (tertiary/aromatic N) is 1. The van der Waals surface area contributed by atoms with Crippen LogP contribution in [0.2, 0.25) is 0 Å². The van der Waals surface area contributed by atoms with Crippen molar-refractivity contribution >= 4 is 17.6 Å². The zero-order valence-corrected chi connectivity index (χ0v) is 9.30. The first-order chi connectivity index (χ1) is 8.15. The molecule has 0 spiro atoms. The average Bonchev–Trinajstić information content (AvgIpc) is 2.36. The molecule has 5 heteroatoms. The molecule has 90 valence electrons. The number of carbonyl (C=O) groups excluding carboxylic acids is 1. The van der Waals surface area contributed by atoms with Crippen molar-refractivity contribution in [2.75, 3.05) is 18.0 Å². The van der Waals surface area contributed by atoms with Crippen LogP contribution >= 0.6 is 0 Å². The van der Waals surface area contributed by atoms with Crippen molar-refractivity contribution < 1.29 is 14.7 Å². The number of aliphatic carboxylic acids is 1. The van der Waals surface area contributed by atoms with E-state index in [0.29, 0.717) is 24.2 Å². The maximum Gasteiger partial charge on any atom is 0.311 e. The Morgan fingerprint density at radius 1 is 1.41 bits per heavy atom. The summed E-state index contributed by atoms with van der Waals surface area (Å²) in [6.07, 6.45) is 0.429. The number of para-hydroxylation sites is 1. The molecular formula is C12H14N2O3. The highest BCUT2D eigenvalue weighted by Crippen LogP contribution is 2.35. The van der Waals surface area contributed by atoms with Crippen LogP contribution in [-0.2, 0) is 9.59 Å². The highest BCUT2D eigenvalue weighted by Gasteiger charge is 2.31. The second-order valence-electron chi connectivity index (χ2n) is 3.99. The lowest BCUT2D eigenvalue weighted by atomic mass is 9.90. The van der Waals surface area contributed by atoms with E-state index in [0.717, 1.165) is 0 Å². The molecule has 0 aliphatic carbocycles. The SMILES string of the molecule is NCC(=O)N1CCC(C(=O)O)c2ccccc21.